The predicted molar refractivity (Wildman–Crippen MR) is 97.9 cm³/mol. The van der Waals surface area contributed by atoms with Crippen LogP contribution in [0.5, 0.6) is 0 Å². The molecule has 0 aromatic rings. The lowest BCUT2D eigenvalue weighted by molar-refractivity contribution is -0.178. The quantitative estimate of drug-likeness (QED) is 0.275. The molecule has 0 aromatic heterocycles. The maximum absolute atomic E-state index is 12.8. The van der Waals surface area contributed by atoms with Gasteiger partial charge >= 0.3 is 11.9 Å². The fourth-order valence-electron chi connectivity index (χ4n) is 3.20. The fraction of sp³-hybridized carbons (Fsp3) is 0.900. The van der Waals surface area contributed by atoms with Crippen LogP contribution in [-0.4, -0.2) is 23.1 Å². The number of carboxylic acids is 1. The van der Waals surface area contributed by atoms with E-state index in [1.165, 1.54) is 19.3 Å². The second kappa shape index (κ2) is 11.5. The van der Waals surface area contributed by atoms with Crippen molar-refractivity contribution in [3.05, 3.63) is 0 Å². The van der Waals surface area contributed by atoms with Crippen molar-refractivity contribution >= 4 is 11.9 Å². The number of carboxylic acid groups (broad SMARTS) is 1. The molecule has 0 aliphatic rings. The summed E-state index contributed by atoms with van der Waals surface area (Å²) in [6, 6.07) is 0. The number of hydrogen-bond donors (Lipinski definition) is 1. The van der Waals surface area contributed by atoms with Crippen molar-refractivity contribution in [2.24, 2.45) is 17.3 Å². The lowest BCUT2D eigenvalue weighted by atomic mass is 9.71. The smallest absolute Gasteiger partial charge is 0.324 e. The summed E-state index contributed by atoms with van der Waals surface area (Å²) in [5, 5.41) is 9.77. The maximum Gasteiger partial charge on any atom is 0.324 e. The molecule has 0 aliphatic heterocycles. The van der Waals surface area contributed by atoms with Gasteiger partial charge in [0.15, 0.2) is 5.41 Å². The molecule has 4 nitrogen and oxygen atoms in total. The van der Waals surface area contributed by atoms with Crippen LogP contribution < -0.4 is 0 Å². The zero-order valence-corrected chi connectivity index (χ0v) is 16.6. The molecule has 24 heavy (non-hydrogen) atoms. The first-order chi connectivity index (χ1) is 11.2. The number of carbonyl (C=O) groups excluding carboxylic acids is 1. The van der Waals surface area contributed by atoms with Gasteiger partial charge in [0, 0.05) is 0 Å². The van der Waals surface area contributed by atoms with Gasteiger partial charge in [-0.15, -0.1) is 0 Å². The molecule has 0 amide bonds. The molecule has 0 heterocycles. The molecule has 0 radical (unpaired) electrons. The Morgan fingerprint density at radius 2 is 1.58 bits per heavy atom. The van der Waals surface area contributed by atoms with Gasteiger partial charge in [-0.3, -0.25) is 9.59 Å². The molecular weight excluding hydrogens is 304 g/mol. The van der Waals surface area contributed by atoms with Crippen LogP contribution in [0, 0.1) is 17.3 Å². The van der Waals surface area contributed by atoms with Crippen molar-refractivity contribution in [1.29, 1.82) is 0 Å². The monoisotopic (exact) mass is 342 g/mol. The summed E-state index contributed by atoms with van der Waals surface area (Å²) in [4.78, 5) is 24.7. The molecule has 0 spiro atoms. The molecule has 0 saturated carbocycles. The van der Waals surface area contributed by atoms with E-state index in [-0.39, 0.29) is 17.9 Å². The van der Waals surface area contributed by atoms with Crippen molar-refractivity contribution in [1.82, 2.24) is 0 Å². The van der Waals surface area contributed by atoms with Crippen molar-refractivity contribution < 1.29 is 19.4 Å². The van der Waals surface area contributed by atoms with Gasteiger partial charge in [0.25, 0.3) is 0 Å². The highest BCUT2D eigenvalue weighted by atomic mass is 16.5. The lowest BCUT2D eigenvalue weighted by Crippen LogP contribution is -2.47. The highest BCUT2D eigenvalue weighted by Gasteiger charge is 2.51. The van der Waals surface area contributed by atoms with Gasteiger partial charge < -0.3 is 9.84 Å². The van der Waals surface area contributed by atoms with Crippen LogP contribution in [0.4, 0.5) is 0 Å². The first-order valence-electron chi connectivity index (χ1n) is 9.66. The average Bonchev–Trinajstić information content (AvgIpc) is 2.49. The highest BCUT2D eigenvalue weighted by Crippen LogP contribution is 2.37. The number of rotatable bonds is 13. The summed E-state index contributed by atoms with van der Waals surface area (Å²) in [5.74, 6) is -1.80. The molecule has 142 valence electrons. The Hall–Kier alpha value is -1.06. The molecule has 0 aliphatic carbocycles. The molecule has 1 N–H and O–H groups in total. The van der Waals surface area contributed by atoms with Crippen LogP contribution in [-0.2, 0) is 14.3 Å². The Labute approximate surface area is 148 Å². The molecule has 2 atom stereocenters. The minimum Gasteiger partial charge on any atom is -0.480 e. The number of esters is 1. The van der Waals surface area contributed by atoms with Gasteiger partial charge in [0.1, 0.15) is 6.10 Å². The van der Waals surface area contributed by atoms with Crippen LogP contribution in [0.15, 0.2) is 0 Å². The Balaban J connectivity index is 4.91. The molecule has 4 heteroatoms. The van der Waals surface area contributed by atoms with Crippen LogP contribution in [0.1, 0.15) is 92.9 Å². The Morgan fingerprint density at radius 1 is 1.00 bits per heavy atom. The van der Waals surface area contributed by atoms with E-state index >= 15 is 0 Å². The van der Waals surface area contributed by atoms with Gasteiger partial charge in [-0.1, -0.05) is 67.2 Å². The zero-order chi connectivity index (χ0) is 18.8. The predicted octanol–water partition coefficient (Wildman–Crippen LogP) is 5.44. The van der Waals surface area contributed by atoms with Gasteiger partial charge in [0.05, 0.1) is 0 Å². The summed E-state index contributed by atoms with van der Waals surface area (Å²) >= 11 is 0. The van der Waals surface area contributed by atoms with Gasteiger partial charge in [-0.05, 0) is 37.5 Å². The topological polar surface area (TPSA) is 63.6 Å². The Bertz CT molecular complexity index is 376. The Kier molecular flexibility index (Phi) is 11.0. The van der Waals surface area contributed by atoms with E-state index in [1.807, 2.05) is 20.8 Å². The van der Waals surface area contributed by atoms with E-state index in [2.05, 4.69) is 6.92 Å². The van der Waals surface area contributed by atoms with E-state index in [9.17, 15) is 14.7 Å². The third-order valence-corrected chi connectivity index (χ3v) is 4.82. The summed E-state index contributed by atoms with van der Waals surface area (Å²) in [6.07, 6.45) is 7.50. The highest BCUT2D eigenvalue weighted by molar-refractivity contribution is 5.99. The third-order valence-electron chi connectivity index (χ3n) is 4.82. The summed E-state index contributed by atoms with van der Waals surface area (Å²) in [7, 11) is 0. The van der Waals surface area contributed by atoms with Gasteiger partial charge in [0.2, 0.25) is 0 Å². The van der Waals surface area contributed by atoms with E-state index in [4.69, 9.17) is 4.74 Å². The van der Waals surface area contributed by atoms with Crippen LogP contribution in [0.2, 0.25) is 0 Å². The number of ether oxygens (including phenoxy) is 1. The lowest BCUT2D eigenvalue weighted by Gasteiger charge is -2.34. The minimum atomic E-state index is -1.44. The van der Waals surface area contributed by atoms with E-state index in [0.717, 1.165) is 25.7 Å². The third kappa shape index (κ3) is 6.82. The SMILES string of the molecule is CCCCCCCC(CC)OC(=O)C(CC(C)C)(C(=O)O)C(C)C. The van der Waals surface area contributed by atoms with Gasteiger partial charge in [-0.2, -0.15) is 0 Å². The minimum absolute atomic E-state index is 0.116. The average molecular weight is 343 g/mol. The largest absolute Gasteiger partial charge is 0.480 e. The first kappa shape index (κ1) is 22.9. The second-order valence-electron chi connectivity index (χ2n) is 7.67. The van der Waals surface area contributed by atoms with Crippen LogP contribution in [0.25, 0.3) is 0 Å². The molecule has 0 saturated heterocycles. The van der Waals surface area contributed by atoms with Crippen molar-refractivity contribution in [3.8, 4) is 0 Å². The summed E-state index contributed by atoms with van der Waals surface area (Å²) in [5.41, 5.74) is -1.44. The fourth-order valence-corrected chi connectivity index (χ4v) is 3.20. The number of hydrogen-bond acceptors (Lipinski definition) is 3. The van der Waals surface area contributed by atoms with E-state index in [0.29, 0.717) is 6.42 Å². The van der Waals surface area contributed by atoms with Crippen molar-refractivity contribution in [2.45, 2.75) is 99.0 Å². The second-order valence-corrected chi connectivity index (χ2v) is 7.67. The summed E-state index contributed by atoms with van der Waals surface area (Å²) < 4.78 is 5.68. The van der Waals surface area contributed by atoms with Crippen LogP contribution in [0.3, 0.4) is 0 Å². The standard InChI is InChI=1S/C20H38O4/c1-7-9-10-11-12-13-17(8-2)24-19(23)20(16(5)6,18(21)22)14-15(3)4/h15-17H,7-14H2,1-6H3,(H,21,22). The first-order valence-corrected chi connectivity index (χ1v) is 9.66. The normalized spacial score (nSPS) is 15.3. The van der Waals surface area contributed by atoms with Crippen molar-refractivity contribution in [3.63, 3.8) is 0 Å². The number of aliphatic carboxylic acids is 1. The number of carbonyl (C=O) groups is 2. The molecule has 2 unspecified atom stereocenters. The maximum atomic E-state index is 12.8. The number of unbranched alkanes of at least 4 members (excludes halogenated alkanes) is 4. The van der Waals surface area contributed by atoms with Gasteiger partial charge in [-0.25, -0.2) is 0 Å². The summed E-state index contributed by atoms with van der Waals surface area (Å²) in [6.45, 7) is 11.6. The van der Waals surface area contributed by atoms with E-state index < -0.39 is 17.4 Å². The molecule has 0 aromatic carbocycles. The van der Waals surface area contributed by atoms with E-state index in [1.54, 1.807) is 13.8 Å². The molecular formula is C20H38O4. The molecule has 0 rings (SSSR count). The van der Waals surface area contributed by atoms with Crippen molar-refractivity contribution in [2.75, 3.05) is 0 Å². The van der Waals surface area contributed by atoms with Crippen LogP contribution >= 0.6 is 0 Å². The molecule has 0 fully saturated rings. The molecule has 0 bridgehead atoms. The Morgan fingerprint density at radius 3 is 2.00 bits per heavy atom. The zero-order valence-electron chi connectivity index (χ0n) is 16.6.